The normalized spacial score (nSPS) is 11.3. The molecule has 0 saturated heterocycles. The summed E-state index contributed by atoms with van der Waals surface area (Å²) < 4.78 is 18.2. The molecule has 4 aromatic rings. The Bertz CT molecular complexity index is 1590. The van der Waals surface area contributed by atoms with Crippen LogP contribution in [0.1, 0.15) is 37.6 Å². The van der Waals surface area contributed by atoms with Crippen LogP contribution in [-0.2, 0) is 33.8 Å². The van der Waals surface area contributed by atoms with Crippen LogP contribution in [0, 0.1) is 0 Å². The van der Waals surface area contributed by atoms with Gasteiger partial charge in [-0.2, -0.15) is 0 Å². The maximum atomic E-state index is 13.4. The Morgan fingerprint density at radius 2 is 1.85 bits per heavy atom. The molecule has 3 N–H and O–H groups in total. The summed E-state index contributed by atoms with van der Waals surface area (Å²) in [5.41, 5.74) is 9.77. The molecule has 0 aliphatic heterocycles. The number of nitrogens with zero attached hydrogens (tertiary/aromatic N) is 5. The van der Waals surface area contributed by atoms with Gasteiger partial charge in [0.25, 0.3) is 0 Å². The largest absolute Gasteiger partial charge is 0.482 e. The van der Waals surface area contributed by atoms with Crippen molar-refractivity contribution in [2.24, 2.45) is 0 Å². The monoisotopic (exact) mass is 633 g/mol. The fraction of sp³-hybridized carbons (Fsp3) is 0.471. The average molecular weight is 634 g/mol. The molecular weight excluding hydrogens is 586 g/mol. The molecule has 2 amide bonds. The van der Waals surface area contributed by atoms with Crippen LogP contribution in [0.5, 0.6) is 5.75 Å². The standard InChI is InChI=1S/C34H47N7O5/c1-5-45-30(42)24-46-26-13-10-12-25(22-26)23-40(34(43)36-17-11-18-39(2)3)19-8-9-20-41-29(16-21-44-4)38-31-32(41)27-14-6-7-15-28(27)37-33(31)35/h6-7,10,12-15,22H,5,8-9,11,16-21,23-24H2,1-4H3,(H2,35,37)(H,36,43). The van der Waals surface area contributed by atoms with E-state index in [9.17, 15) is 9.59 Å². The van der Waals surface area contributed by atoms with Gasteiger partial charge in [-0.05, 0) is 70.6 Å². The third-order valence-electron chi connectivity index (χ3n) is 7.56. The zero-order valence-electron chi connectivity index (χ0n) is 27.5. The fourth-order valence-electron chi connectivity index (χ4n) is 5.36. The molecule has 2 heterocycles. The number of para-hydroxylation sites is 1. The minimum Gasteiger partial charge on any atom is -0.482 e. The second-order valence-corrected chi connectivity index (χ2v) is 11.4. The number of carbonyl (C=O) groups excluding carboxylic acids is 2. The van der Waals surface area contributed by atoms with Crippen LogP contribution < -0.4 is 15.8 Å². The number of nitrogen functional groups attached to an aromatic ring is 1. The first-order valence-corrected chi connectivity index (χ1v) is 15.9. The van der Waals surface area contributed by atoms with Crippen molar-refractivity contribution in [1.29, 1.82) is 0 Å². The van der Waals surface area contributed by atoms with E-state index in [0.29, 0.717) is 62.9 Å². The van der Waals surface area contributed by atoms with E-state index in [1.54, 1.807) is 20.1 Å². The minimum absolute atomic E-state index is 0.115. The van der Waals surface area contributed by atoms with Gasteiger partial charge in [-0.3, -0.25) is 0 Å². The highest BCUT2D eigenvalue weighted by atomic mass is 16.6. The van der Waals surface area contributed by atoms with Gasteiger partial charge in [-0.25, -0.2) is 19.6 Å². The van der Waals surface area contributed by atoms with Crippen molar-refractivity contribution < 1.29 is 23.8 Å². The molecule has 0 aliphatic carbocycles. The quantitative estimate of drug-likeness (QED) is 0.122. The summed E-state index contributed by atoms with van der Waals surface area (Å²) in [6.07, 6.45) is 3.09. The summed E-state index contributed by atoms with van der Waals surface area (Å²) >= 11 is 0. The molecule has 2 aromatic carbocycles. The van der Waals surface area contributed by atoms with E-state index >= 15 is 0 Å². The Labute approximate surface area is 270 Å². The van der Waals surface area contributed by atoms with Crippen molar-refractivity contribution in [2.75, 3.05) is 66.4 Å². The number of ether oxygens (including phenoxy) is 3. The molecule has 0 aliphatic rings. The van der Waals surface area contributed by atoms with Crippen LogP contribution in [0.25, 0.3) is 21.9 Å². The molecule has 12 nitrogen and oxygen atoms in total. The number of methoxy groups -OCH3 is 1. The summed E-state index contributed by atoms with van der Waals surface area (Å²) in [6.45, 7) is 5.56. The number of amides is 2. The number of pyridine rings is 1. The zero-order valence-corrected chi connectivity index (χ0v) is 27.5. The first-order valence-electron chi connectivity index (χ1n) is 15.9. The van der Waals surface area contributed by atoms with E-state index in [4.69, 9.17) is 24.9 Å². The molecular formula is C34H47N7O5. The average Bonchev–Trinajstić information content (AvgIpc) is 3.41. The third-order valence-corrected chi connectivity index (χ3v) is 7.56. The molecule has 0 atom stereocenters. The molecule has 0 radical (unpaired) electrons. The second kappa shape index (κ2) is 17.3. The van der Waals surface area contributed by atoms with Gasteiger partial charge in [0.15, 0.2) is 12.4 Å². The molecule has 2 aromatic heterocycles. The van der Waals surface area contributed by atoms with E-state index < -0.39 is 5.97 Å². The number of nitrogens with two attached hydrogens (primary N) is 1. The highest BCUT2D eigenvalue weighted by Crippen LogP contribution is 2.29. The number of hydrogen-bond donors (Lipinski definition) is 2. The van der Waals surface area contributed by atoms with Crippen LogP contribution in [-0.4, -0.2) is 97.0 Å². The number of aryl methyl sites for hydroxylation is 1. The summed E-state index contributed by atoms with van der Waals surface area (Å²) in [5, 5.41) is 4.09. The minimum atomic E-state index is -0.422. The van der Waals surface area contributed by atoms with Gasteiger partial charge < -0.3 is 39.6 Å². The number of aromatic nitrogens is 3. The highest BCUT2D eigenvalue weighted by Gasteiger charge is 2.18. The van der Waals surface area contributed by atoms with Crippen LogP contribution in [0.2, 0.25) is 0 Å². The number of fused-ring (bicyclic) bond motifs is 3. The van der Waals surface area contributed by atoms with Gasteiger partial charge in [0.2, 0.25) is 0 Å². The summed E-state index contributed by atoms with van der Waals surface area (Å²) in [4.78, 5) is 38.5. The van der Waals surface area contributed by atoms with Crippen LogP contribution in [0.15, 0.2) is 48.5 Å². The topological polar surface area (TPSA) is 137 Å². The lowest BCUT2D eigenvalue weighted by molar-refractivity contribution is -0.145. The number of rotatable bonds is 18. The smallest absolute Gasteiger partial charge is 0.344 e. The lowest BCUT2D eigenvalue weighted by Crippen LogP contribution is -2.41. The van der Waals surface area contributed by atoms with Gasteiger partial charge in [0.05, 0.1) is 24.2 Å². The number of imidazole rings is 1. The van der Waals surface area contributed by atoms with E-state index in [0.717, 1.165) is 53.6 Å². The molecule has 0 unspecified atom stereocenters. The lowest BCUT2D eigenvalue weighted by Gasteiger charge is -2.24. The predicted octanol–water partition coefficient (Wildman–Crippen LogP) is 4.24. The molecule has 4 rings (SSSR count). The molecule has 0 spiro atoms. The number of carbonyl (C=O) groups is 2. The molecule has 248 valence electrons. The lowest BCUT2D eigenvalue weighted by atomic mass is 10.1. The van der Waals surface area contributed by atoms with Crippen LogP contribution in [0.3, 0.4) is 0 Å². The number of urea groups is 1. The van der Waals surface area contributed by atoms with Crippen LogP contribution in [0.4, 0.5) is 10.6 Å². The van der Waals surface area contributed by atoms with Crippen molar-refractivity contribution in [2.45, 2.75) is 45.7 Å². The van der Waals surface area contributed by atoms with Gasteiger partial charge in [0, 0.05) is 45.1 Å². The zero-order chi connectivity index (χ0) is 32.9. The Balaban J connectivity index is 1.48. The number of unbranched alkanes of at least 4 members (excludes halogenated alkanes) is 1. The van der Waals surface area contributed by atoms with Crippen molar-refractivity contribution in [1.82, 2.24) is 29.7 Å². The van der Waals surface area contributed by atoms with Crippen molar-refractivity contribution >= 4 is 39.8 Å². The predicted molar refractivity (Wildman–Crippen MR) is 180 cm³/mol. The van der Waals surface area contributed by atoms with Crippen molar-refractivity contribution in [3.63, 3.8) is 0 Å². The van der Waals surface area contributed by atoms with Gasteiger partial charge in [0.1, 0.15) is 17.1 Å². The van der Waals surface area contributed by atoms with E-state index in [2.05, 4.69) is 25.8 Å². The van der Waals surface area contributed by atoms with E-state index in [1.165, 1.54) is 0 Å². The molecule has 0 fully saturated rings. The summed E-state index contributed by atoms with van der Waals surface area (Å²) in [5.74, 6) is 1.44. The van der Waals surface area contributed by atoms with Gasteiger partial charge in [-0.1, -0.05) is 30.3 Å². The van der Waals surface area contributed by atoms with Crippen molar-refractivity contribution in [3.05, 3.63) is 59.9 Å². The molecule has 0 saturated carbocycles. The van der Waals surface area contributed by atoms with E-state index in [1.807, 2.05) is 55.4 Å². The number of nitrogens with one attached hydrogen (secondary N) is 1. The molecule has 12 heteroatoms. The SMILES string of the molecule is CCOC(=O)COc1cccc(CN(CCCCn2c(CCOC)nc3c(N)nc4ccccc4c32)C(=O)NCCCN(C)C)c1. The second-order valence-electron chi connectivity index (χ2n) is 11.4. The van der Waals surface area contributed by atoms with Gasteiger partial charge in [-0.15, -0.1) is 0 Å². The first kappa shape index (κ1) is 34.5. The third kappa shape index (κ3) is 9.54. The number of hydrogen-bond acceptors (Lipinski definition) is 9. The molecule has 0 bridgehead atoms. The number of esters is 1. The Morgan fingerprint density at radius 3 is 2.63 bits per heavy atom. The number of benzene rings is 2. The Kier molecular flexibility index (Phi) is 13.0. The Morgan fingerprint density at radius 1 is 1.02 bits per heavy atom. The molecule has 46 heavy (non-hydrogen) atoms. The number of anilines is 1. The van der Waals surface area contributed by atoms with Gasteiger partial charge >= 0.3 is 12.0 Å². The maximum absolute atomic E-state index is 13.4. The first-order chi connectivity index (χ1) is 22.3. The maximum Gasteiger partial charge on any atom is 0.344 e. The fourth-order valence-corrected chi connectivity index (χ4v) is 5.36. The summed E-state index contributed by atoms with van der Waals surface area (Å²) in [7, 11) is 5.71. The van der Waals surface area contributed by atoms with Crippen LogP contribution >= 0.6 is 0 Å². The highest BCUT2D eigenvalue weighted by molar-refractivity contribution is 6.06. The Hall–Kier alpha value is -4.42. The van der Waals surface area contributed by atoms with Crippen molar-refractivity contribution in [3.8, 4) is 5.75 Å². The van der Waals surface area contributed by atoms with E-state index in [-0.39, 0.29) is 12.6 Å². The summed E-state index contributed by atoms with van der Waals surface area (Å²) in [6, 6.07) is 15.3.